The van der Waals surface area contributed by atoms with E-state index < -0.39 is 53.1 Å². The van der Waals surface area contributed by atoms with Crippen molar-refractivity contribution in [3.8, 4) is 44.8 Å². The molecule has 5 amide bonds. The summed E-state index contributed by atoms with van der Waals surface area (Å²) in [5.41, 5.74) is 7.13. The average Bonchev–Trinajstić information content (AvgIpc) is 2.24. The quantitative estimate of drug-likeness (QED) is 0.0486. The summed E-state index contributed by atoms with van der Waals surface area (Å²) in [7, 11) is 3.40. The van der Waals surface area contributed by atoms with Gasteiger partial charge in [-0.2, -0.15) is 0 Å². The highest BCUT2D eigenvalue weighted by molar-refractivity contribution is 7.10. The molecule has 17 heteroatoms. The number of hydrogen-bond donors (Lipinski definition) is 5. The predicted octanol–water partition coefficient (Wildman–Crippen LogP) is 10.8. The number of carbonyl (C=O) groups excluding carboxylic acids is 6. The van der Waals surface area contributed by atoms with Crippen LogP contribution in [0.1, 0.15) is 117 Å². The van der Waals surface area contributed by atoms with Crippen LogP contribution in [-0.4, -0.2) is 112 Å². The van der Waals surface area contributed by atoms with E-state index >= 15 is 0 Å². The molecule has 2 saturated heterocycles. The van der Waals surface area contributed by atoms with Crippen molar-refractivity contribution in [3.63, 3.8) is 0 Å². The Balaban J connectivity index is 0.934. The molecule has 4 heterocycles. The third-order valence-electron chi connectivity index (χ3n) is 16.2. The summed E-state index contributed by atoms with van der Waals surface area (Å²) >= 11 is 2.94. The zero-order chi connectivity index (χ0) is 60.0. The van der Waals surface area contributed by atoms with Crippen LogP contribution in [0.15, 0.2) is 144 Å². The van der Waals surface area contributed by atoms with Crippen molar-refractivity contribution in [2.45, 2.75) is 117 Å². The van der Waals surface area contributed by atoms with Crippen LogP contribution in [0.4, 0.5) is 0 Å². The van der Waals surface area contributed by atoms with Crippen LogP contribution in [0.5, 0.6) is 0 Å². The van der Waals surface area contributed by atoms with Gasteiger partial charge in [-0.3, -0.25) is 28.8 Å². The van der Waals surface area contributed by atoms with Crippen molar-refractivity contribution >= 4 is 58.0 Å². The van der Waals surface area contributed by atoms with Crippen LogP contribution >= 0.6 is 22.7 Å². The molecule has 2 aliphatic heterocycles. The Morgan fingerprint density at radius 1 is 0.536 bits per heavy atom. The molecule has 0 spiro atoms. The lowest BCUT2D eigenvalue weighted by Gasteiger charge is -2.36. The normalized spacial score (nSPS) is 18.6. The highest BCUT2D eigenvalue weighted by Crippen LogP contribution is 2.44. The van der Waals surface area contributed by atoms with Gasteiger partial charge in [0.1, 0.15) is 22.1 Å². The van der Waals surface area contributed by atoms with Crippen LogP contribution < -0.4 is 26.6 Å². The maximum Gasteiger partial charge on any atom is 0.251 e. The Morgan fingerprint density at radius 2 is 0.940 bits per heavy atom. The number of likely N-dealkylation sites (N-methyl/N-ethyl adjacent to an activating group) is 2. The third-order valence-corrected chi connectivity index (χ3v) is 18.1. The van der Waals surface area contributed by atoms with E-state index in [1.165, 1.54) is 22.7 Å². The lowest BCUT2D eigenvalue weighted by molar-refractivity contribution is -0.141. The third kappa shape index (κ3) is 13.8. The molecule has 9 rings (SSSR count). The van der Waals surface area contributed by atoms with Gasteiger partial charge in [0.25, 0.3) is 5.91 Å². The molecule has 15 nitrogen and oxygen atoms in total. The van der Waals surface area contributed by atoms with Crippen molar-refractivity contribution in [1.29, 1.82) is 0 Å². The molecule has 2 fully saturated rings. The number of likely N-dealkylation sites (tertiary alicyclic amines) is 2. The summed E-state index contributed by atoms with van der Waals surface area (Å²) in [6.07, 6.45) is 0.992. The molecule has 2 aromatic heterocycles. The predicted molar refractivity (Wildman–Crippen MR) is 334 cm³/mol. The van der Waals surface area contributed by atoms with Crippen molar-refractivity contribution in [2.75, 3.05) is 27.2 Å². The maximum atomic E-state index is 15.0. The number of amides is 5. The van der Waals surface area contributed by atoms with E-state index in [0.717, 1.165) is 49.8 Å². The largest absolute Gasteiger partial charge is 0.347 e. The second-order valence-corrected chi connectivity index (χ2v) is 26.1. The minimum absolute atomic E-state index is 0.133. The second kappa shape index (κ2) is 26.1. The number of aromatic nitrogens is 2. The van der Waals surface area contributed by atoms with E-state index in [1.807, 2.05) is 124 Å². The number of ketones is 1. The fourth-order valence-electron chi connectivity index (χ4n) is 11.1. The molecule has 438 valence electrons. The number of rotatable bonds is 19. The number of hydrogen-bond acceptors (Lipinski definition) is 12. The second-order valence-electron chi connectivity index (χ2n) is 24.3. The van der Waals surface area contributed by atoms with Crippen molar-refractivity contribution in [3.05, 3.63) is 165 Å². The Morgan fingerprint density at radius 3 is 1.38 bits per heavy atom. The van der Waals surface area contributed by atoms with Crippen LogP contribution in [-0.2, 0) is 19.2 Å². The van der Waals surface area contributed by atoms with E-state index in [1.54, 1.807) is 57.1 Å². The molecule has 2 aliphatic rings. The first-order valence-electron chi connectivity index (χ1n) is 28.8. The van der Waals surface area contributed by atoms with E-state index in [9.17, 15) is 28.8 Å². The topological polar surface area (TPSA) is 195 Å². The van der Waals surface area contributed by atoms with Crippen LogP contribution in [0.2, 0.25) is 0 Å². The monoisotopic (exact) mass is 1170 g/mol. The number of nitrogens with one attached hydrogen (secondary N) is 5. The van der Waals surface area contributed by atoms with Gasteiger partial charge < -0.3 is 36.4 Å². The first-order valence-corrected chi connectivity index (χ1v) is 30.6. The molecule has 0 aliphatic carbocycles. The number of Topliss-reactive ketones (excluding diaryl/α,β-unsaturated/α-hetero) is 1. The van der Waals surface area contributed by atoms with Crippen LogP contribution in [0, 0.1) is 16.7 Å². The van der Waals surface area contributed by atoms with Crippen molar-refractivity contribution in [1.82, 2.24) is 46.4 Å². The Kier molecular flexibility index (Phi) is 18.9. The molecule has 5 aromatic carbocycles. The van der Waals surface area contributed by atoms with Crippen molar-refractivity contribution < 1.29 is 28.8 Å². The summed E-state index contributed by atoms with van der Waals surface area (Å²) in [6, 6.07) is 38.9. The summed E-state index contributed by atoms with van der Waals surface area (Å²) < 4.78 is 0. The number of carbonyl (C=O) groups is 6. The highest BCUT2D eigenvalue weighted by Gasteiger charge is 2.46. The molecular formula is C67H77N9O6S2. The maximum absolute atomic E-state index is 15.0. The number of thiazole rings is 2. The number of nitrogens with zero attached hydrogens (tertiary/aromatic N) is 4. The minimum atomic E-state index is -0.881. The summed E-state index contributed by atoms with van der Waals surface area (Å²) in [4.78, 5) is 99.2. The van der Waals surface area contributed by atoms with Gasteiger partial charge in [-0.15, -0.1) is 22.7 Å². The molecule has 5 N–H and O–H groups in total. The molecule has 84 heavy (non-hydrogen) atoms. The van der Waals surface area contributed by atoms with Gasteiger partial charge in [0.15, 0.2) is 5.78 Å². The van der Waals surface area contributed by atoms with E-state index in [-0.39, 0.29) is 60.7 Å². The smallest absolute Gasteiger partial charge is 0.251 e. The number of benzene rings is 5. The lowest BCUT2D eigenvalue weighted by Crippen LogP contribution is -2.57. The van der Waals surface area contributed by atoms with Crippen LogP contribution in [0.3, 0.4) is 0 Å². The molecule has 0 bridgehead atoms. The van der Waals surface area contributed by atoms with Crippen LogP contribution in [0.25, 0.3) is 44.8 Å². The zero-order valence-corrected chi connectivity index (χ0v) is 51.2. The summed E-state index contributed by atoms with van der Waals surface area (Å²) in [6.45, 7) is 15.5. The molecule has 7 aromatic rings. The van der Waals surface area contributed by atoms with Gasteiger partial charge in [-0.05, 0) is 91.9 Å². The first-order chi connectivity index (χ1) is 40.1. The van der Waals surface area contributed by atoms with Gasteiger partial charge in [0.05, 0.1) is 35.6 Å². The molecular weight excluding hydrogens is 1090 g/mol. The average molecular weight is 1170 g/mol. The van der Waals surface area contributed by atoms with Gasteiger partial charge in [0, 0.05) is 58.6 Å². The fraction of sp³-hybridized carbons (Fsp3) is 0.373. The molecule has 0 saturated carbocycles. The SMILES string of the molecule is CN[C@@H](C)C(=O)N[C@H](C(=O)N1C[C@@H](CC(=O)c2ccc(C(=O)N[C@H]3C[C@@H](c4nc(-c5ccccc5-c5ccccc5)cs4)N(C(=O)[C@@H](NC(=O)[C@H](C)NC)C(C)(C)C)C3)cc2)C[C@H]1c1nc(-c2ccccc2-c2ccccc2)cs1)C(C)(C)C. The summed E-state index contributed by atoms with van der Waals surface area (Å²) in [5, 5.41) is 20.7. The summed E-state index contributed by atoms with van der Waals surface area (Å²) in [5.74, 6) is -1.83. The van der Waals surface area contributed by atoms with E-state index in [4.69, 9.17) is 9.97 Å². The van der Waals surface area contributed by atoms with Gasteiger partial charge in [-0.1, -0.05) is 163 Å². The fourth-order valence-corrected chi connectivity index (χ4v) is 13.0. The lowest BCUT2D eigenvalue weighted by atomic mass is 9.85. The highest BCUT2D eigenvalue weighted by atomic mass is 32.1. The Bertz CT molecular complexity index is 3250. The van der Waals surface area contributed by atoms with Gasteiger partial charge >= 0.3 is 0 Å². The first kappa shape index (κ1) is 60.9. The van der Waals surface area contributed by atoms with E-state index in [0.29, 0.717) is 29.0 Å². The molecule has 8 atom stereocenters. The van der Waals surface area contributed by atoms with Gasteiger partial charge in [0.2, 0.25) is 23.6 Å². The minimum Gasteiger partial charge on any atom is -0.347 e. The zero-order valence-electron chi connectivity index (χ0n) is 49.6. The van der Waals surface area contributed by atoms with Gasteiger partial charge in [-0.25, -0.2) is 9.97 Å². The molecule has 0 unspecified atom stereocenters. The Hall–Kier alpha value is -7.70. The van der Waals surface area contributed by atoms with E-state index in [2.05, 4.69) is 69.0 Å². The molecule has 0 radical (unpaired) electrons. The van der Waals surface area contributed by atoms with Crippen molar-refractivity contribution in [2.24, 2.45) is 16.7 Å². The standard InChI is InChI=1S/C67H77N9O6S2/c1-40(68-9)59(78)73-57(66(3,4)5)64(81)75-36-42(33-54(75)62-71-52(38-83-62)50-27-19-17-25-48(50)43-21-13-11-14-22-43)34-56(77)45-29-31-46(32-30-45)61(80)70-47-35-55(76(37-47)65(82)58(67(6,7)8)74-60(79)41(2)69-10)63-72-53(39-84-63)51-28-20-18-26-49(51)44-23-15-12-16-24-44/h11-32,38-42,47,54-55,57-58,68-69H,33-37H2,1-10H3,(H,70,80)(H,73,78)(H,74,79)/t40-,41-,42+,47-,54-,55-,57+,58+/m0/s1. The Labute approximate surface area is 501 Å².